The Morgan fingerprint density at radius 2 is 2.08 bits per heavy atom. The molecule has 1 heterocycles. The van der Waals surface area contributed by atoms with E-state index in [1.165, 1.54) is 5.56 Å². The van der Waals surface area contributed by atoms with Gasteiger partial charge < -0.3 is 9.62 Å². The molecule has 1 saturated heterocycles. The minimum absolute atomic E-state index is 0.408. The fraction of sp³-hybridized carbons (Fsp3) is 0.333. The molecule has 2 rings (SSSR count). The van der Waals surface area contributed by atoms with Gasteiger partial charge in [0.1, 0.15) is 0 Å². The summed E-state index contributed by atoms with van der Waals surface area (Å²) in [4.78, 5) is 4.06. The van der Waals surface area contributed by atoms with Gasteiger partial charge in [0.2, 0.25) is 0 Å². The lowest BCUT2D eigenvalue weighted by atomic mass is 10.1. The van der Waals surface area contributed by atoms with Gasteiger partial charge in [-0.25, -0.2) is 5.26 Å². The molecule has 1 aromatic rings. The van der Waals surface area contributed by atoms with Crippen LogP contribution in [0.5, 0.6) is 5.75 Å². The monoisotopic (exact) mass is 166 g/mol. The molecule has 1 aliphatic rings. The molecular formula is C9H10O3. The van der Waals surface area contributed by atoms with Crippen molar-refractivity contribution in [2.24, 2.45) is 0 Å². The Morgan fingerprint density at radius 3 is 2.58 bits per heavy atom. The fourth-order valence-corrected chi connectivity index (χ4v) is 1.14. The maximum Gasteiger partial charge on any atom is 0.165 e. The van der Waals surface area contributed by atoms with E-state index >= 15 is 0 Å². The summed E-state index contributed by atoms with van der Waals surface area (Å²) in [6.45, 7) is 0.873. The third kappa shape index (κ3) is 1.75. The maximum absolute atomic E-state index is 8.30. The zero-order valence-electron chi connectivity index (χ0n) is 6.56. The van der Waals surface area contributed by atoms with E-state index in [2.05, 4.69) is 4.89 Å². The van der Waals surface area contributed by atoms with Gasteiger partial charge in [0, 0.05) is 6.42 Å². The van der Waals surface area contributed by atoms with E-state index in [1.807, 2.05) is 12.1 Å². The fourth-order valence-electron chi connectivity index (χ4n) is 1.14. The Balaban J connectivity index is 2.02. The Morgan fingerprint density at radius 1 is 1.42 bits per heavy atom. The summed E-state index contributed by atoms with van der Waals surface area (Å²) in [6.07, 6.45) is 1.36. The first-order valence-electron chi connectivity index (χ1n) is 3.90. The first-order chi connectivity index (χ1) is 5.88. The van der Waals surface area contributed by atoms with Crippen molar-refractivity contribution in [1.82, 2.24) is 0 Å². The number of rotatable bonds is 3. The summed E-state index contributed by atoms with van der Waals surface area (Å²) < 4.78 is 5.09. The van der Waals surface area contributed by atoms with Gasteiger partial charge in [-0.1, -0.05) is 12.1 Å². The molecule has 0 saturated carbocycles. The second-order valence-corrected chi connectivity index (χ2v) is 2.89. The molecule has 0 spiro atoms. The van der Waals surface area contributed by atoms with Crippen LogP contribution in [0.3, 0.4) is 0 Å². The van der Waals surface area contributed by atoms with Crippen molar-refractivity contribution in [3.63, 3.8) is 0 Å². The Labute approximate surface area is 70.5 Å². The van der Waals surface area contributed by atoms with Crippen LogP contribution >= 0.6 is 0 Å². The van der Waals surface area contributed by atoms with Crippen molar-refractivity contribution < 1.29 is 14.9 Å². The lowest BCUT2D eigenvalue weighted by Gasteiger charge is -1.98. The van der Waals surface area contributed by atoms with E-state index in [0.29, 0.717) is 11.9 Å². The van der Waals surface area contributed by atoms with Crippen molar-refractivity contribution in [1.29, 1.82) is 0 Å². The number of hydrogen-bond donors (Lipinski definition) is 1. The Hall–Kier alpha value is -1.06. The molecule has 0 aromatic heterocycles. The van der Waals surface area contributed by atoms with Crippen LogP contribution in [0.2, 0.25) is 0 Å². The van der Waals surface area contributed by atoms with E-state index in [1.54, 1.807) is 12.1 Å². The Bertz CT molecular complexity index is 251. The van der Waals surface area contributed by atoms with E-state index in [0.717, 1.165) is 13.0 Å². The van der Waals surface area contributed by atoms with Crippen LogP contribution in [0, 0.1) is 0 Å². The summed E-state index contributed by atoms with van der Waals surface area (Å²) in [6, 6.07) is 7.32. The molecule has 1 unspecified atom stereocenters. The highest BCUT2D eigenvalue weighted by molar-refractivity contribution is 5.27. The van der Waals surface area contributed by atoms with Crippen LogP contribution in [0.1, 0.15) is 5.56 Å². The second-order valence-electron chi connectivity index (χ2n) is 2.89. The highest BCUT2D eigenvalue weighted by atomic mass is 17.1. The largest absolute Gasteiger partial charge is 0.373 e. The highest BCUT2D eigenvalue weighted by Crippen LogP contribution is 2.18. The second kappa shape index (κ2) is 3.13. The molecular weight excluding hydrogens is 156 g/mol. The van der Waals surface area contributed by atoms with Gasteiger partial charge in [-0.05, 0) is 17.7 Å². The summed E-state index contributed by atoms with van der Waals surface area (Å²) in [7, 11) is 0. The molecule has 12 heavy (non-hydrogen) atoms. The van der Waals surface area contributed by atoms with Crippen LogP contribution in [0.15, 0.2) is 24.3 Å². The summed E-state index contributed by atoms with van der Waals surface area (Å²) in [5.41, 5.74) is 1.21. The zero-order valence-corrected chi connectivity index (χ0v) is 6.56. The van der Waals surface area contributed by atoms with Crippen molar-refractivity contribution in [3.8, 4) is 5.75 Å². The third-order valence-corrected chi connectivity index (χ3v) is 1.89. The van der Waals surface area contributed by atoms with Crippen molar-refractivity contribution in [3.05, 3.63) is 29.8 Å². The molecule has 0 radical (unpaired) electrons. The first kappa shape index (κ1) is 7.58. The molecule has 3 heteroatoms. The SMILES string of the molecule is OOc1ccc(CC2CO2)cc1. The predicted octanol–water partition coefficient (Wildman–Crippen LogP) is 1.48. The van der Waals surface area contributed by atoms with Crippen LogP contribution in [0.25, 0.3) is 0 Å². The summed E-state index contributed by atoms with van der Waals surface area (Å²) >= 11 is 0. The highest BCUT2D eigenvalue weighted by Gasteiger charge is 2.22. The van der Waals surface area contributed by atoms with Crippen LogP contribution in [0.4, 0.5) is 0 Å². The molecule has 1 N–H and O–H groups in total. The molecule has 1 fully saturated rings. The quantitative estimate of drug-likeness (QED) is 0.420. The van der Waals surface area contributed by atoms with E-state index in [-0.39, 0.29) is 0 Å². The molecule has 0 aliphatic carbocycles. The molecule has 1 aromatic carbocycles. The van der Waals surface area contributed by atoms with Gasteiger partial charge in [0.15, 0.2) is 5.75 Å². The van der Waals surface area contributed by atoms with E-state index < -0.39 is 0 Å². The standard InChI is InChI=1S/C9H10O3/c10-12-8-3-1-7(2-4-8)5-9-6-11-9/h1-4,9-10H,5-6H2. The van der Waals surface area contributed by atoms with Crippen molar-refractivity contribution in [2.75, 3.05) is 6.61 Å². The van der Waals surface area contributed by atoms with Crippen LogP contribution in [-0.4, -0.2) is 18.0 Å². The minimum Gasteiger partial charge on any atom is -0.373 e. The smallest absolute Gasteiger partial charge is 0.165 e. The predicted molar refractivity (Wildman–Crippen MR) is 43.1 cm³/mol. The number of ether oxygens (including phenoxy) is 1. The van der Waals surface area contributed by atoms with Gasteiger partial charge in [-0.2, -0.15) is 0 Å². The molecule has 3 nitrogen and oxygen atoms in total. The average molecular weight is 166 g/mol. The molecule has 1 aliphatic heterocycles. The number of hydrogen-bond acceptors (Lipinski definition) is 3. The minimum atomic E-state index is 0.408. The zero-order chi connectivity index (χ0) is 8.39. The van der Waals surface area contributed by atoms with E-state index in [9.17, 15) is 0 Å². The van der Waals surface area contributed by atoms with Gasteiger partial charge in [0.05, 0.1) is 12.7 Å². The molecule has 0 amide bonds. The summed E-state index contributed by atoms with van der Waals surface area (Å²) in [5, 5.41) is 8.30. The van der Waals surface area contributed by atoms with Gasteiger partial charge >= 0.3 is 0 Å². The number of epoxide rings is 1. The molecule has 0 bridgehead atoms. The normalized spacial score (nSPS) is 20.6. The average Bonchev–Trinajstić information content (AvgIpc) is 2.90. The van der Waals surface area contributed by atoms with E-state index in [4.69, 9.17) is 9.99 Å². The topological polar surface area (TPSA) is 42.0 Å². The number of benzene rings is 1. The molecule has 64 valence electrons. The Kier molecular flexibility index (Phi) is 1.98. The van der Waals surface area contributed by atoms with Gasteiger partial charge in [0.25, 0.3) is 0 Å². The third-order valence-electron chi connectivity index (χ3n) is 1.89. The first-order valence-corrected chi connectivity index (χ1v) is 3.90. The van der Waals surface area contributed by atoms with Gasteiger partial charge in [-0.3, -0.25) is 0 Å². The van der Waals surface area contributed by atoms with Gasteiger partial charge in [-0.15, -0.1) is 0 Å². The van der Waals surface area contributed by atoms with Crippen molar-refractivity contribution >= 4 is 0 Å². The lowest BCUT2D eigenvalue weighted by Crippen LogP contribution is -1.92. The summed E-state index contributed by atoms with van der Waals surface area (Å²) in [5.74, 6) is 0.468. The maximum atomic E-state index is 8.30. The van der Waals surface area contributed by atoms with Crippen molar-refractivity contribution in [2.45, 2.75) is 12.5 Å². The van der Waals surface area contributed by atoms with Crippen LogP contribution < -0.4 is 4.89 Å². The lowest BCUT2D eigenvalue weighted by molar-refractivity contribution is -0.137. The van der Waals surface area contributed by atoms with Crippen LogP contribution in [-0.2, 0) is 11.2 Å². The molecule has 1 atom stereocenters.